The lowest BCUT2D eigenvalue weighted by molar-refractivity contribution is -0.132. The van der Waals surface area contributed by atoms with Crippen LogP contribution in [0.15, 0.2) is 18.2 Å². The van der Waals surface area contributed by atoms with Crippen molar-refractivity contribution in [2.24, 2.45) is 11.8 Å². The number of piperidine rings is 1. The second-order valence-corrected chi connectivity index (χ2v) is 7.45. The molecule has 2 heterocycles. The zero-order valence-corrected chi connectivity index (χ0v) is 15.8. The lowest BCUT2D eigenvalue weighted by atomic mass is 9.84. The van der Waals surface area contributed by atoms with E-state index in [1.54, 1.807) is 13.2 Å². The number of benzene rings is 1. The fraction of sp³-hybridized carbons (Fsp3) is 0.650. The number of anilines is 1. The maximum atomic E-state index is 13.4. The molecule has 2 saturated heterocycles. The zero-order valence-electron chi connectivity index (χ0n) is 15.8. The number of hydrogen-bond acceptors (Lipinski definition) is 4. The Morgan fingerprint density at radius 3 is 2.62 bits per heavy atom. The minimum Gasteiger partial charge on any atom is -0.494 e. The van der Waals surface area contributed by atoms with Crippen LogP contribution in [0.4, 0.5) is 10.1 Å². The summed E-state index contributed by atoms with van der Waals surface area (Å²) in [6, 6.07) is 4.62. The summed E-state index contributed by atoms with van der Waals surface area (Å²) >= 11 is 0. The van der Waals surface area contributed by atoms with E-state index in [-0.39, 0.29) is 11.7 Å². The third-order valence-electron chi connectivity index (χ3n) is 5.80. The molecule has 6 heteroatoms. The van der Waals surface area contributed by atoms with Crippen LogP contribution in [0.1, 0.15) is 26.2 Å². The monoisotopic (exact) mass is 363 g/mol. The van der Waals surface area contributed by atoms with Gasteiger partial charge in [0.1, 0.15) is 11.6 Å². The first-order valence-electron chi connectivity index (χ1n) is 9.65. The van der Waals surface area contributed by atoms with Crippen molar-refractivity contribution in [3.05, 3.63) is 24.0 Å². The molecular weight excluding hydrogens is 333 g/mol. The number of methoxy groups -OCH3 is 1. The fourth-order valence-electron chi connectivity index (χ4n) is 4.09. The quantitative estimate of drug-likeness (QED) is 0.873. The molecule has 144 valence electrons. The Labute approximate surface area is 155 Å². The van der Waals surface area contributed by atoms with Crippen LogP contribution in [0, 0.1) is 17.7 Å². The van der Waals surface area contributed by atoms with E-state index < -0.39 is 0 Å². The van der Waals surface area contributed by atoms with Crippen LogP contribution >= 0.6 is 0 Å². The van der Waals surface area contributed by atoms with Crippen molar-refractivity contribution >= 4 is 11.6 Å². The summed E-state index contributed by atoms with van der Waals surface area (Å²) in [6.45, 7) is 7.26. The predicted octanol–water partition coefficient (Wildman–Crippen LogP) is 2.51. The van der Waals surface area contributed by atoms with E-state index in [4.69, 9.17) is 4.74 Å². The highest BCUT2D eigenvalue weighted by molar-refractivity contribution is 5.77. The largest absolute Gasteiger partial charge is 0.494 e. The van der Waals surface area contributed by atoms with Gasteiger partial charge in [0.15, 0.2) is 0 Å². The van der Waals surface area contributed by atoms with E-state index in [0.717, 1.165) is 31.9 Å². The van der Waals surface area contributed by atoms with Gasteiger partial charge in [-0.2, -0.15) is 0 Å². The third-order valence-corrected chi connectivity index (χ3v) is 5.80. The Balaban J connectivity index is 1.52. The standard InChI is InChI=1S/C20H30FN3O2/c1-15(16-5-7-22-8-6-16)13-20(25)24-11-9-23(10-12-24)18-4-3-17(21)14-19(18)26-2/h3-4,14-16,22H,5-13H2,1-2H3. The van der Waals surface area contributed by atoms with Crippen molar-refractivity contribution in [3.63, 3.8) is 0 Å². The van der Waals surface area contributed by atoms with E-state index in [2.05, 4.69) is 17.1 Å². The molecule has 0 aliphatic carbocycles. The molecule has 1 unspecified atom stereocenters. The van der Waals surface area contributed by atoms with Crippen LogP contribution in [0.5, 0.6) is 5.75 Å². The Morgan fingerprint density at radius 2 is 1.96 bits per heavy atom. The molecule has 1 N–H and O–H groups in total. The number of halogens is 1. The summed E-state index contributed by atoms with van der Waals surface area (Å²) in [5, 5.41) is 3.38. The second-order valence-electron chi connectivity index (χ2n) is 7.45. The van der Waals surface area contributed by atoms with Crippen LogP contribution in [0.25, 0.3) is 0 Å². The fourth-order valence-corrected chi connectivity index (χ4v) is 4.09. The molecule has 1 amide bonds. The summed E-state index contributed by atoms with van der Waals surface area (Å²) in [6.07, 6.45) is 2.99. The molecule has 26 heavy (non-hydrogen) atoms. The Kier molecular flexibility index (Phi) is 6.35. The Hall–Kier alpha value is -1.82. The number of carbonyl (C=O) groups is 1. The topological polar surface area (TPSA) is 44.8 Å². The van der Waals surface area contributed by atoms with Gasteiger partial charge in [-0.1, -0.05) is 6.92 Å². The van der Waals surface area contributed by atoms with E-state index in [9.17, 15) is 9.18 Å². The number of hydrogen-bond donors (Lipinski definition) is 1. The molecule has 3 rings (SSSR count). The highest BCUT2D eigenvalue weighted by atomic mass is 19.1. The number of ether oxygens (including phenoxy) is 1. The molecule has 5 nitrogen and oxygen atoms in total. The summed E-state index contributed by atoms with van der Waals surface area (Å²) in [5.74, 6) is 1.61. The molecule has 0 aromatic heterocycles. The van der Waals surface area contributed by atoms with E-state index in [1.807, 2.05) is 4.90 Å². The minimum atomic E-state index is -0.300. The second kappa shape index (κ2) is 8.71. The van der Waals surface area contributed by atoms with Crippen LogP contribution in [0.2, 0.25) is 0 Å². The average Bonchev–Trinajstić information content (AvgIpc) is 2.68. The first kappa shape index (κ1) is 19.0. The molecule has 1 aromatic rings. The van der Waals surface area contributed by atoms with Gasteiger partial charge < -0.3 is 19.9 Å². The molecule has 0 spiro atoms. The van der Waals surface area contributed by atoms with E-state index in [1.165, 1.54) is 25.0 Å². The smallest absolute Gasteiger partial charge is 0.222 e. The zero-order chi connectivity index (χ0) is 18.5. The van der Waals surface area contributed by atoms with Crippen molar-refractivity contribution < 1.29 is 13.9 Å². The molecule has 0 bridgehead atoms. The van der Waals surface area contributed by atoms with Crippen molar-refractivity contribution in [1.29, 1.82) is 0 Å². The molecule has 2 fully saturated rings. The minimum absolute atomic E-state index is 0.266. The van der Waals surface area contributed by atoms with Gasteiger partial charge in [-0.05, 0) is 49.9 Å². The summed E-state index contributed by atoms with van der Waals surface area (Å²) < 4.78 is 18.7. The lowest BCUT2D eigenvalue weighted by Crippen LogP contribution is -2.49. The van der Waals surface area contributed by atoms with Crippen LogP contribution < -0.4 is 15.0 Å². The number of amides is 1. The van der Waals surface area contributed by atoms with Gasteiger partial charge in [-0.3, -0.25) is 4.79 Å². The first-order valence-corrected chi connectivity index (χ1v) is 9.65. The summed E-state index contributed by atoms with van der Waals surface area (Å²) in [7, 11) is 1.56. The van der Waals surface area contributed by atoms with Gasteiger partial charge in [0.2, 0.25) is 5.91 Å². The number of carbonyl (C=O) groups excluding carboxylic acids is 1. The normalized spacial score (nSPS) is 20.1. The molecule has 0 radical (unpaired) electrons. The molecule has 2 aliphatic heterocycles. The summed E-state index contributed by atoms with van der Waals surface area (Å²) in [5.41, 5.74) is 0.893. The first-order chi connectivity index (χ1) is 12.6. The van der Waals surface area contributed by atoms with Crippen LogP contribution in [0.3, 0.4) is 0 Å². The number of nitrogens with one attached hydrogen (secondary N) is 1. The number of nitrogens with zero attached hydrogens (tertiary/aromatic N) is 2. The summed E-state index contributed by atoms with van der Waals surface area (Å²) in [4.78, 5) is 16.8. The molecular formula is C20H30FN3O2. The lowest BCUT2D eigenvalue weighted by Gasteiger charge is -2.37. The molecule has 1 atom stereocenters. The number of rotatable bonds is 5. The van der Waals surface area contributed by atoms with Gasteiger partial charge in [0.05, 0.1) is 12.8 Å². The van der Waals surface area contributed by atoms with Crippen molar-refractivity contribution in [2.75, 3.05) is 51.3 Å². The Bertz CT molecular complexity index is 611. The van der Waals surface area contributed by atoms with Crippen LogP contribution in [-0.2, 0) is 4.79 Å². The van der Waals surface area contributed by atoms with Gasteiger partial charge in [0.25, 0.3) is 0 Å². The van der Waals surface area contributed by atoms with Crippen molar-refractivity contribution in [1.82, 2.24) is 10.2 Å². The SMILES string of the molecule is COc1cc(F)ccc1N1CCN(C(=O)CC(C)C2CCNCC2)CC1. The van der Waals surface area contributed by atoms with Gasteiger partial charge in [0, 0.05) is 38.7 Å². The highest BCUT2D eigenvalue weighted by Gasteiger charge is 2.27. The van der Waals surface area contributed by atoms with Crippen LogP contribution in [-0.4, -0.2) is 57.2 Å². The van der Waals surface area contributed by atoms with Gasteiger partial charge in [-0.25, -0.2) is 4.39 Å². The Morgan fingerprint density at radius 1 is 1.27 bits per heavy atom. The number of piperazine rings is 1. The molecule has 0 saturated carbocycles. The highest BCUT2D eigenvalue weighted by Crippen LogP contribution is 2.30. The van der Waals surface area contributed by atoms with E-state index >= 15 is 0 Å². The van der Waals surface area contributed by atoms with Gasteiger partial charge >= 0.3 is 0 Å². The molecule has 1 aromatic carbocycles. The van der Waals surface area contributed by atoms with E-state index in [0.29, 0.717) is 37.1 Å². The third kappa shape index (κ3) is 4.47. The predicted molar refractivity (Wildman–Crippen MR) is 101 cm³/mol. The molecule has 2 aliphatic rings. The maximum absolute atomic E-state index is 13.4. The average molecular weight is 363 g/mol. The maximum Gasteiger partial charge on any atom is 0.222 e. The van der Waals surface area contributed by atoms with Crippen molar-refractivity contribution in [2.45, 2.75) is 26.2 Å². The van der Waals surface area contributed by atoms with Gasteiger partial charge in [-0.15, -0.1) is 0 Å². The van der Waals surface area contributed by atoms with Crippen molar-refractivity contribution in [3.8, 4) is 5.75 Å².